The van der Waals surface area contributed by atoms with E-state index in [4.69, 9.17) is 0 Å². The predicted octanol–water partition coefficient (Wildman–Crippen LogP) is 12.4. The van der Waals surface area contributed by atoms with Crippen LogP contribution in [-0.4, -0.2) is 29.1 Å². The summed E-state index contributed by atoms with van der Waals surface area (Å²) in [5.41, 5.74) is 0. The fraction of sp³-hybridized carbons (Fsp3) is 0.944. The number of nitrogens with zero attached hydrogens (tertiary/aromatic N) is 2. The van der Waals surface area contributed by atoms with Gasteiger partial charge >= 0.3 is 0 Å². The fourth-order valence-corrected chi connectivity index (χ4v) is 6.19. The van der Waals surface area contributed by atoms with E-state index in [9.17, 15) is 0 Å². The SMILES string of the molecule is CCCCCCCCCCCCCC1N(CCCCCCCC)C=CN1CCCCCCCCCCCC. The highest BCUT2D eigenvalue weighted by atomic mass is 15.4. The van der Waals surface area contributed by atoms with Crippen LogP contribution in [0.1, 0.15) is 201 Å². The van der Waals surface area contributed by atoms with Gasteiger partial charge in [0, 0.05) is 25.5 Å². The molecule has 226 valence electrons. The molecule has 0 radical (unpaired) electrons. The van der Waals surface area contributed by atoms with Crippen LogP contribution in [-0.2, 0) is 0 Å². The molecule has 0 saturated carbocycles. The van der Waals surface area contributed by atoms with E-state index >= 15 is 0 Å². The van der Waals surface area contributed by atoms with Gasteiger partial charge in [0.1, 0.15) is 6.17 Å². The molecule has 1 heterocycles. The maximum atomic E-state index is 2.71. The highest BCUT2D eigenvalue weighted by Crippen LogP contribution is 2.24. The Balaban J connectivity index is 2.22. The van der Waals surface area contributed by atoms with Crippen LogP contribution in [0.3, 0.4) is 0 Å². The molecule has 0 amide bonds. The second kappa shape index (κ2) is 27.9. The summed E-state index contributed by atoms with van der Waals surface area (Å²) in [6, 6.07) is 0. The van der Waals surface area contributed by atoms with Crippen LogP contribution >= 0.6 is 0 Å². The molecule has 1 aliphatic heterocycles. The van der Waals surface area contributed by atoms with Crippen LogP contribution in [0.2, 0.25) is 0 Å². The minimum atomic E-state index is 0.641. The van der Waals surface area contributed by atoms with Crippen molar-refractivity contribution in [2.24, 2.45) is 0 Å². The Hall–Kier alpha value is -0.660. The van der Waals surface area contributed by atoms with Gasteiger partial charge in [-0.05, 0) is 25.7 Å². The Bertz CT molecular complexity index is 488. The third kappa shape index (κ3) is 20.3. The molecule has 1 rings (SSSR count). The molecule has 0 bridgehead atoms. The lowest BCUT2D eigenvalue weighted by Crippen LogP contribution is -2.39. The van der Waals surface area contributed by atoms with Crippen molar-refractivity contribution in [3.63, 3.8) is 0 Å². The third-order valence-corrected chi connectivity index (χ3v) is 8.82. The first-order chi connectivity index (χ1) is 18.8. The van der Waals surface area contributed by atoms with E-state index in [1.807, 2.05) is 0 Å². The van der Waals surface area contributed by atoms with Gasteiger partial charge in [0.15, 0.2) is 0 Å². The zero-order valence-corrected chi connectivity index (χ0v) is 26.8. The predicted molar refractivity (Wildman–Crippen MR) is 173 cm³/mol. The number of rotatable bonds is 30. The summed E-state index contributed by atoms with van der Waals surface area (Å²) >= 11 is 0. The molecule has 0 aromatic carbocycles. The van der Waals surface area contributed by atoms with E-state index in [1.165, 1.54) is 193 Å². The second-order valence-corrected chi connectivity index (χ2v) is 12.5. The van der Waals surface area contributed by atoms with E-state index < -0.39 is 0 Å². The molecular weight excluding hydrogens is 460 g/mol. The van der Waals surface area contributed by atoms with Crippen molar-refractivity contribution in [1.29, 1.82) is 0 Å². The number of hydrogen-bond acceptors (Lipinski definition) is 2. The quantitative estimate of drug-likeness (QED) is 0.0848. The van der Waals surface area contributed by atoms with Gasteiger partial charge in [0.05, 0.1) is 0 Å². The summed E-state index contributed by atoms with van der Waals surface area (Å²) in [4.78, 5) is 5.41. The van der Waals surface area contributed by atoms with Crippen LogP contribution in [0, 0.1) is 0 Å². The first-order valence-corrected chi connectivity index (χ1v) is 18.0. The van der Waals surface area contributed by atoms with Gasteiger partial charge in [-0.15, -0.1) is 0 Å². The zero-order chi connectivity index (χ0) is 27.4. The van der Waals surface area contributed by atoms with Crippen molar-refractivity contribution in [3.8, 4) is 0 Å². The zero-order valence-electron chi connectivity index (χ0n) is 26.8. The molecule has 1 unspecified atom stereocenters. The lowest BCUT2D eigenvalue weighted by molar-refractivity contribution is 0.135. The average Bonchev–Trinajstić information content (AvgIpc) is 3.31. The number of hydrogen-bond donors (Lipinski definition) is 0. The molecule has 0 N–H and O–H groups in total. The van der Waals surface area contributed by atoms with Crippen LogP contribution < -0.4 is 0 Å². The molecule has 0 aromatic heterocycles. The van der Waals surface area contributed by atoms with Gasteiger partial charge in [0.25, 0.3) is 0 Å². The summed E-state index contributed by atoms with van der Waals surface area (Å²) in [6.07, 6.45) is 45.5. The Kier molecular flexibility index (Phi) is 26.0. The minimum Gasteiger partial charge on any atom is -0.356 e. The van der Waals surface area contributed by atoms with Crippen molar-refractivity contribution in [3.05, 3.63) is 12.4 Å². The van der Waals surface area contributed by atoms with Crippen molar-refractivity contribution >= 4 is 0 Å². The Morgan fingerprint density at radius 3 is 0.921 bits per heavy atom. The fourth-order valence-electron chi connectivity index (χ4n) is 6.19. The molecule has 0 fully saturated rings. The van der Waals surface area contributed by atoms with Crippen molar-refractivity contribution < 1.29 is 0 Å². The average molecular weight is 533 g/mol. The van der Waals surface area contributed by atoms with Gasteiger partial charge in [-0.25, -0.2) is 0 Å². The molecule has 1 atom stereocenters. The molecule has 0 aliphatic carbocycles. The van der Waals surface area contributed by atoms with Crippen LogP contribution in [0.25, 0.3) is 0 Å². The van der Waals surface area contributed by atoms with Crippen LogP contribution in [0.5, 0.6) is 0 Å². The van der Waals surface area contributed by atoms with E-state index in [2.05, 4.69) is 43.0 Å². The maximum Gasteiger partial charge on any atom is 0.101 e. The Morgan fingerprint density at radius 2 is 0.605 bits per heavy atom. The van der Waals surface area contributed by atoms with Crippen LogP contribution in [0.4, 0.5) is 0 Å². The highest BCUT2D eigenvalue weighted by Gasteiger charge is 2.24. The topological polar surface area (TPSA) is 6.48 Å². The summed E-state index contributed by atoms with van der Waals surface area (Å²) in [5.74, 6) is 0. The van der Waals surface area contributed by atoms with Gasteiger partial charge < -0.3 is 9.80 Å². The van der Waals surface area contributed by atoms with Gasteiger partial charge in [-0.1, -0.05) is 175 Å². The monoisotopic (exact) mass is 533 g/mol. The third-order valence-electron chi connectivity index (χ3n) is 8.82. The van der Waals surface area contributed by atoms with Crippen molar-refractivity contribution in [2.75, 3.05) is 13.1 Å². The van der Waals surface area contributed by atoms with Crippen LogP contribution in [0.15, 0.2) is 12.4 Å². The van der Waals surface area contributed by atoms with E-state index in [0.29, 0.717) is 6.17 Å². The standard InChI is InChI=1S/C36H72N2/c1-4-7-10-13-16-18-20-21-23-25-28-31-36-37(32-29-26-15-12-9-6-3)34-35-38(36)33-30-27-24-22-19-17-14-11-8-5-2/h34-36H,4-33H2,1-3H3. The highest BCUT2D eigenvalue weighted by molar-refractivity contribution is 4.97. The van der Waals surface area contributed by atoms with Crippen molar-refractivity contribution in [1.82, 2.24) is 9.80 Å². The number of unbranched alkanes of at least 4 members (excludes halogenated alkanes) is 24. The van der Waals surface area contributed by atoms with Gasteiger partial charge in [-0.2, -0.15) is 0 Å². The Labute approximate surface area is 241 Å². The lowest BCUT2D eigenvalue weighted by atomic mass is 10.0. The first-order valence-electron chi connectivity index (χ1n) is 18.0. The van der Waals surface area contributed by atoms with Gasteiger partial charge in [0.2, 0.25) is 0 Å². The summed E-state index contributed by atoms with van der Waals surface area (Å²) < 4.78 is 0. The normalized spacial score (nSPS) is 15.3. The van der Waals surface area contributed by atoms with Gasteiger partial charge in [-0.3, -0.25) is 0 Å². The molecule has 0 saturated heterocycles. The summed E-state index contributed by atoms with van der Waals surface area (Å²) in [7, 11) is 0. The molecular formula is C36H72N2. The molecule has 0 aromatic rings. The minimum absolute atomic E-state index is 0.641. The smallest absolute Gasteiger partial charge is 0.101 e. The van der Waals surface area contributed by atoms with E-state index in [0.717, 1.165) is 0 Å². The maximum absolute atomic E-state index is 2.71. The van der Waals surface area contributed by atoms with Crippen molar-refractivity contribution in [2.45, 2.75) is 207 Å². The molecule has 38 heavy (non-hydrogen) atoms. The second-order valence-electron chi connectivity index (χ2n) is 12.5. The molecule has 2 heteroatoms. The molecule has 2 nitrogen and oxygen atoms in total. The summed E-state index contributed by atoms with van der Waals surface area (Å²) in [6.45, 7) is 9.47. The molecule has 0 spiro atoms. The molecule has 1 aliphatic rings. The van der Waals surface area contributed by atoms with E-state index in [-0.39, 0.29) is 0 Å². The Morgan fingerprint density at radius 1 is 0.342 bits per heavy atom. The first kappa shape index (κ1) is 35.4. The lowest BCUT2D eigenvalue weighted by Gasteiger charge is -2.33. The van der Waals surface area contributed by atoms with E-state index in [1.54, 1.807) is 0 Å². The largest absolute Gasteiger partial charge is 0.356 e. The summed E-state index contributed by atoms with van der Waals surface area (Å²) in [5, 5.41) is 0.